The van der Waals surface area contributed by atoms with Gasteiger partial charge >= 0.3 is 11.9 Å². The largest absolute Gasteiger partial charge is 0.466 e. The molecule has 0 aliphatic carbocycles. The lowest BCUT2D eigenvalue weighted by Gasteiger charge is -2.24. The fourth-order valence-electron chi connectivity index (χ4n) is 3.54. The fourth-order valence-corrected chi connectivity index (χ4v) is 5.51. The van der Waals surface area contributed by atoms with Crippen molar-refractivity contribution in [1.82, 2.24) is 4.57 Å². The van der Waals surface area contributed by atoms with Crippen molar-refractivity contribution in [3.63, 3.8) is 0 Å². The molecule has 0 amide bonds. The van der Waals surface area contributed by atoms with Gasteiger partial charge in [0.25, 0.3) is 5.56 Å². The number of thiazole rings is 1. The summed E-state index contributed by atoms with van der Waals surface area (Å²) >= 11 is 2.84. The summed E-state index contributed by atoms with van der Waals surface area (Å²) in [6.07, 6.45) is 1.86. The van der Waals surface area contributed by atoms with Gasteiger partial charge in [-0.15, -0.1) is 11.3 Å². The third-order valence-corrected chi connectivity index (χ3v) is 7.00. The van der Waals surface area contributed by atoms with Crippen LogP contribution in [0.3, 0.4) is 0 Å². The minimum atomic E-state index is -0.711. The standard InChI is InChI=1S/C23H20N2O5S2/c1-12-9-10-31-17(12)11-18-21(27)25-20(15-5-7-16(8-6-15)30-14(3)26)19(22(28)29-4)13(2)24-23(25)32-18/h5-11,20H,1-4H3/b18-11-/t20-/m1/s1. The molecular weight excluding hydrogens is 448 g/mol. The SMILES string of the molecule is COC(=O)C1=C(C)N=c2s/c(=C\c3sccc3C)c(=O)n2[C@@H]1c1ccc(OC(C)=O)cc1. The highest BCUT2D eigenvalue weighted by Crippen LogP contribution is 2.31. The molecule has 1 atom stereocenters. The molecule has 3 aromatic rings. The average molecular weight is 469 g/mol. The molecule has 0 fully saturated rings. The number of hydrogen-bond donors (Lipinski definition) is 0. The first kappa shape index (κ1) is 21.9. The molecule has 3 heterocycles. The molecular formula is C23H20N2O5S2. The molecule has 0 bridgehead atoms. The number of carbonyl (C=O) groups is 2. The van der Waals surface area contributed by atoms with Crippen molar-refractivity contribution in [2.45, 2.75) is 26.8 Å². The summed E-state index contributed by atoms with van der Waals surface area (Å²) in [5.41, 5.74) is 2.31. The van der Waals surface area contributed by atoms with Gasteiger partial charge in [-0.3, -0.25) is 14.2 Å². The maximum Gasteiger partial charge on any atom is 0.338 e. The van der Waals surface area contributed by atoms with Gasteiger partial charge in [0.15, 0.2) is 4.80 Å². The van der Waals surface area contributed by atoms with E-state index in [0.717, 1.165) is 10.4 Å². The fraction of sp³-hybridized carbons (Fsp3) is 0.217. The van der Waals surface area contributed by atoms with Crippen LogP contribution in [0, 0.1) is 6.92 Å². The molecule has 0 spiro atoms. The second-order valence-electron chi connectivity index (χ2n) is 7.20. The van der Waals surface area contributed by atoms with E-state index < -0.39 is 18.0 Å². The normalized spacial score (nSPS) is 15.9. The predicted molar refractivity (Wildman–Crippen MR) is 123 cm³/mol. The predicted octanol–water partition coefficient (Wildman–Crippen LogP) is 2.70. The molecule has 0 radical (unpaired) electrons. The number of aryl methyl sites for hydroxylation is 1. The van der Waals surface area contributed by atoms with Crippen LogP contribution in [0.5, 0.6) is 5.75 Å². The van der Waals surface area contributed by atoms with E-state index in [4.69, 9.17) is 9.47 Å². The molecule has 4 rings (SSSR count). The smallest absolute Gasteiger partial charge is 0.338 e. The Balaban J connectivity index is 1.92. The molecule has 1 aliphatic heterocycles. The Labute approximate surface area is 191 Å². The van der Waals surface area contributed by atoms with Gasteiger partial charge in [0.1, 0.15) is 5.75 Å². The third kappa shape index (κ3) is 3.96. The van der Waals surface area contributed by atoms with E-state index in [0.29, 0.717) is 31.9 Å². The first-order chi connectivity index (χ1) is 15.3. The summed E-state index contributed by atoms with van der Waals surface area (Å²) < 4.78 is 12.2. The lowest BCUT2D eigenvalue weighted by atomic mass is 9.96. The van der Waals surface area contributed by atoms with Crippen LogP contribution >= 0.6 is 22.7 Å². The number of rotatable bonds is 4. The van der Waals surface area contributed by atoms with E-state index >= 15 is 0 Å². The number of ether oxygens (including phenoxy) is 2. The van der Waals surface area contributed by atoms with Crippen LogP contribution in [0.1, 0.15) is 35.9 Å². The first-order valence-corrected chi connectivity index (χ1v) is 11.4. The van der Waals surface area contributed by atoms with Gasteiger partial charge in [0.2, 0.25) is 0 Å². The van der Waals surface area contributed by atoms with Gasteiger partial charge in [0, 0.05) is 11.8 Å². The lowest BCUT2D eigenvalue weighted by Crippen LogP contribution is -2.39. The number of hydrogen-bond acceptors (Lipinski definition) is 8. The third-order valence-electron chi connectivity index (χ3n) is 5.05. The van der Waals surface area contributed by atoms with Gasteiger partial charge < -0.3 is 9.47 Å². The van der Waals surface area contributed by atoms with Crippen molar-refractivity contribution < 1.29 is 19.1 Å². The summed E-state index contributed by atoms with van der Waals surface area (Å²) in [5, 5.41) is 1.98. The van der Waals surface area contributed by atoms with E-state index in [1.54, 1.807) is 42.5 Å². The molecule has 0 saturated heterocycles. The number of allylic oxidation sites excluding steroid dienone is 1. The zero-order valence-electron chi connectivity index (χ0n) is 17.9. The minimum absolute atomic E-state index is 0.232. The van der Waals surface area contributed by atoms with Crippen molar-refractivity contribution in [3.8, 4) is 5.75 Å². The van der Waals surface area contributed by atoms with E-state index in [9.17, 15) is 14.4 Å². The van der Waals surface area contributed by atoms with Crippen LogP contribution in [0.2, 0.25) is 0 Å². The molecule has 2 aromatic heterocycles. The van der Waals surface area contributed by atoms with E-state index in [-0.39, 0.29) is 5.56 Å². The van der Waals surface area contributed by atoms with Crippen molar-refractivity contribution in [3.05, 3.63) is 82.7 Å². The van der Waals surface area contributed by atoms with Gasteiger partial charge in [-0.05, 0) is 54.6 Å². The quantitative estimate of drug-likeness (QED) is 0.434. The second kappa shape index (κ2) is 8.68. The second-order valence-corrected chi connectivity index (χ2v) is 9.16. The molecule has 9 heteroatoms. The number of benzene rings is 1. The summed E-state index contributed by atoms with van der Waals surface area (Å²) in [7, 11) is 1.30. The van der Waals surface area contributed by atoms with E-state index in [1.807, 2.05) is 24.4 Å². The summed E-state index contributed by atoms with van der Waals surface area (Å²) in [5.74, 6) is -0.605. The highest BCUT2D eigenvalue weighted by Gasteiger charge is 2.33. The Morgan fingerprint density at radius 2 is 1.88 bits per heavy atom. The summed E-state index contributed by atoms with van der Waals surface area (Å²) in [6.45, 7) is 5.04. The monoisotopic (exact) mass is 468 g/mol. The molecule has 0 saturated carbocycles. The van der Waals surface area contributed by atoms with Gasteiger partial charge in [-0.1, -0.05) is 23.5 Å². The minimum Gasteiger partial charge on any atom is -0.466 e. The average Bonchev–Trinajstić information content (AvgIpc) is 3.29. The first-order valence-electron chi connectivity index (χ1n) is 9.73. The van der Waals surface area contributed by atoms with Crippen molar-refractivity contribution in [1.29, 1.82) is 0 Å². The molecule has 32 heavy (non-hydrogen) atoms. The Kier molecular flexibility index (Phi) is 5.94. The zero-order valence-corrected chi connectivity index (χ0v) is 19.5. The van der Waals surface area contributed by atoms with Crippen LogP contribution in [-0.2, 0) is 14.3 Å². The Hall–Kier alpha value is -3.30. The van der Waals surface area contributed by atoms with Gasteiger partial charge in [0.05, 0.1) is 29.0 Å². The van der Waals surface area contributed by atoms with Crippen LogP contribution < -0.4 is 19.6 Å². The number of thiophene rings is 1. The number of methoxy groups -OCH3 is 1. The number of aromatic nitrogens is 1. The zero-order chi connectivity index (χ0) is 23.0. The topological polar surface area (TPSA) is 87.0 Å². The van der Waals surface area contributed by atoms with Crippen molar-refractivity contribution in [2.24, 2.45) is 4.99 Å². The van der Waals surface area contributed by atoms with Crippen LogP contribution in [0.4, 0.5) is 0 Å². The molecule has 1 aromatic carbocycles. The highest BCUT2D eigenvalue weighted by atomic mass is 32.1. The number of carbonyl (C=O) groups excluding carboxylic acids is 2. The lowest BCUT2D eigenvalue weighted by molar-refractivity contribution is -0.136. The number of esters is 2. The van der Waals surface area contributed by atoms with E-state index in [1.165, 1.54) is 29.9 Å². The molecule has 0 unspecified atom stereocenters. The van der Waals surface area contributed by atoms with E-state index in [2.05, 4.69) is 4.99 Å². The van der Waals surface area contributed by atoms with Crippen molar-refractivity contribution in [2.75, 3.05) is 7.11 Å². The molecule has 1 aliphatic rings. The van der Waals surface area contributed by atoms with Crippen molar-refractivity contribution >= 4 is 40.7 Å². The maximum atomic E-state index is 13.5. The van der Waals surface area contributed by atoms with Crippen LogP contribution in [0.25, 0.3) is 6.08 Å². The molecule has 164 valence electrons. The van der Waals surface area contributed by atoms with Crippen LogP contribution in [0.15, 0.2) is 56.8 Å². The number of nitrogens with zero attached hydrogens (tertiary/aromatic N) is 2. The van der Waals surface area contributed by atoms with Crippen LogP contribution in [-0.4, -0.2) is 23.6 Å². The summed E-state index contributed by atoms with van der Waals surface area (Å²) in [4.78, 5) is 43.4. The Bertz CT molecular complexity index is 1420. The summed E-state index contributed by atoms with van der Waals surface area (Å²) in [6, 6.07) is 8.01. The molecule has 7 nitrogen and oxygen atoms in total. The number of fused-ring (bicyclic) bond motifs is 1. The Morgan fingerprint density at radius 3 is 2.47 bits per heavy atom. The maximum absolute atomic E-state index is 13.5. The van der Waals surface area contributed by atoms with Gasteiger partial charge in [-0.2, -0.15) is 0 Å². The van der Waals surface area contributed by atoms with Gasteiger partial charge in [-0.25, -0.2) is 9.79 Å². The highest BCUT2D eigenvalue weighted by molar-refractivity contribution is 7.11. The molecule has 0 N–H and O–H groups in total. The Morgan fingerprint density at radius 1 is 1.16 bits per heavy atom.